The monoisotopic (exact) mass is 327 g/mol. The van der Waals surface area contributed by atoms with Gasteiger partial charge in [-0.2, -0.15) is 0 Å². The molecule has 5 heteroatoms. The Morgan fingerprint density at radius 1 is 1.26 bits per heavy atom. The van der Waals surface area contributed by atoms with Crippen molar-refractivity contribution in [3.05, 3.63) is 54.4 Å². The minimum Gasteiger partial charge on any atom is -0.306 e. The van der Waals surface area contributed by atoms with Crippen molar-refractivity contribution in [3.8, 4) is 0 Å². The molecule has 120 valence electrons. The number of benzene rings is 1. The molecule has 0 saturated carbocycles. The first kappa shape index (κ1) is 16.0. The van der Waals surface area contributed by atoms with Crippen LogP contribution in [-0.4, -0.2) is 41.2 Å². The standard InChI is InChI=1S/C18H21N3OS/c1-14-11-20(12-15-6-5-9-19-10-15)13-18(22)21(14)16-7-3-4-8-17(16)23-2/h3-10,14H,11-13H2,1-2H3. The van der Waals surface area contributed by atoms with Crippen molar-refractivity contribution in [1.82, 2.24) is 9.88 Å². The van der Waals surface area contributed by atoms with Crippen LogP contribution in [0.25, 0.3) is 0 Å². The van der Waals surface area contributed by atoms with Gasteiger partial charge in [-0.3, -0.25) is 14.7 Å². The van der Waals surface area contributed by atoms with Crippen molar-refractivity contribution in [2.24, 2.45) is 0 Å². The van der Waals surface area contributed by atoms with Crippen molar-refractivity contribution in [1.29, 1.82) is 0 Å². The number of carbonyl (C=O) groups excluding carboxylic acids is 1. The summed E-state index contributed by atoms with van der Waals surface area (Å²) in [4.78, 5) is 22.2. The third-order valence-corrected chi connectivity index (χ3v) is 4.85. The second-order valence-electron chi connectivity index (χ2n) is 5.82. The van der Waals surface area contributed by atoms with Crippen molar-refractivity contribution in [3.63, 3.8) is 0 Å². The molecule has 1 aromatic heterocycles. The summed E-state index contributed by atoms with van der Waals surface area (Å²) in [6.45, 7) is 4.19. The fourth-order valence-corrected chi connectivity index (χ4v) is 3.69. The Morgan fingerprint density at radius 2 is 2.09 bits per heavy atom. The third kappa shape index (κ3) is 3.57. The number of aromatic nitrogens is 1. The van der Waals surface area contributed by atoms with Gasteiger partial charge in [0, 0.05) is 36.4 Å². The topological polar surface area (TPSA) is 36.4 Å². The maximum atomic E-state index is 12.7. The summed E-state index contributed by atoms with van der Waals surface area (Å²) < 4.78 is 0. The van der Waals surface area contributed by atoms with Gasteiger partial charge in [0.15, 0.2) is 0 Å². The maximum Gasteiger partial charge on any atom is 0.241 e. The molecule has 1 unspecified atom stereocenters. The fourth-order valence-electron chi connectivity index (χ4n) is 3.10. The van der Waals surface area contributed by atoms with Gasteiger partial charge >= 0.3 is 0 Å². The van der Waals surface area contributed by atoms with Crippen molar-refractivity contribution < 1.29 is 4.79 Å². The molecule has 1 aliphatic rings. The lowest BCUT2D eigenvalue weighted by Gasteiger charge is -2.40. The lowest BCUT2D eigenvalue weighted by atomic mass is 10.1. The van der Waals surface area contributed by atoms with E-state index in [-0.39, 0.29) is 11.9 Å². The van der Waals surface area contributed by atoms with Gasteiger partial charge in [0.1, 0.15) is 0 Å². The zero-order chi connectivity index (χ0) is 16.2. The number of amides is 1. The molecule has 1 amide bonds. The molecule has 1 aromatic carbocycles. The van der Waals surface area contributed by atoms with E-state index in [2.05, 4.69) is 28.9 Å². The first-order chi connectivity index (χ1) is 11.2. The summed E-state index contributed by atoms with van der Waals surface area (Å²) in [6.07, 6.45) is 5.69. The number of nitrogens with zero attached hydrogens (tertiary/aromatic N) is 3. The molecule has 0 radical (unpaired) electrons. The molecule has 0 spiro atoms. The number of piperazine rings is 1. The number of thioether (sulfide) groups is 1. The molecule has 2 heterocycles. The third-order valence-electron chi connectivity index (χ3n) is 4.06. The quantitative estimate of drug-likeness (QED) is 0.809. The first-order valence-electron chi connectivity index (χ1n) is 7.75. The summed E-state index contributed by atoms with van der Waals surface area (Å²) in [7, 11) is 0. The smallest absolute Gasteiger partial charge is 0.241 e. The SMILES string of the molecule is CSc1ccccc1N1C(=O)CN(Cc2cccnc2)CC1C. The maximum absolute atomic E-state index is 12.7. The zero-order valence-electron chi connectivity index (χ0n) is 13.5. The molecule has 4 nitrogen and oxygen atoms in total. The van der Waals surface area contributed by atoms with Crippen LogP contribution in [-0.2, 0) is 11.3 Å². The van der Waals surface area contributed by atoms with Crippen LogP contribution in [0.3, 0.4) is 0 Å². The van der Waals surface area contributed by atoms with E-state index in [1.165, 1.54) is 0 Å². The fraction of sp³-hybridized carbons (Fsp3) is 0.333. The number of pyridine rings is 1. The molecule has 3 rings (SSSR count). The molecule has 1 atom stereocenters. The van der Waals surface area contributed by atoms with E-state index in [0.29, 0.717) is 6.54 Å². The Balaban J connectivity index is 1.76. The van der Waals surface area contributed by atoms with Gasteiger partial charge in [-0.1, -0.05) is 18.2 Å². The van der Waals surface area contributed by atoms with Crippen LogP contribution in [0.4, 0.5) is 5.69 Å². The molecular formula is C18H21N3OS. The van der Waals surface area contributed by atoms with E-state index >= 15 is 0 Å². The summed E-state index contributed by atoms with van der Waals surface area (Å²) in [6, 6.07) is 12.3. The van der Waals surface area contributed by atoms with Gasteiger partial charge in [0.2, 0.25) is 5.91 Å². The number of anilines is 1. The predicted octanol–water partition coefficient (Wildman–Crippen LogP) is 3.04. The molecule has 23 heavy (non-hydrogen) atoms. The Kier molecular flexibility index (Phi) is 4.98. The number of hydrogen-bond acceptors (Lipinski definition) is 4. The number of hydrogen-bond donors (Lipinski definition) is 0. The minimum absolute atomic E-state index is 0.154. The van der Waals surface area contributed by atoms with E-state index in [0.717, 1.165) is 29.2 Å². The zero-order valence-corrected chi connectivity index (χ0v) is 14.3. The van der Waals surface area contributed by atoms with E-state index < -0.39 is 0 Å². The van der Waals surface area contributed by atoms with Gasteiger partial charge in [0.25, 0.3) is 0 Å². The van der Waals surface area contributed by atoms with Crippen molar-refractivity contribution in [2.45, 2.75) is 24.4 Å². The Hall–Kier alpha value is -1.85. The van der Waals surface area contributed by atoms with E-state index in [1.54, 1.807) is 18.0 Å². The Bertz CT molecular complexity index is 677. The number of para-hydroxylation sites is 1. The molecule has 1 aliphatic heterocycles. The van der Waals surface area contributed by atoms with Crippen LogP contribution in [0.2, 0.25) is 0 Å². The summed E-state index contributed by atoms with van der Waals surface area (Å²) >= 11 is 1.68. The molecule has 1 fully saturated rings. The average Bonchev–Trinajstić information content (AvgIpc) is 2.55. The van der Waals surface area contributed by atoms with Gasteiger partial charge in [0.05, 0.1) is 12.2 Å². The number of carbonyl (C=O) groups is 1. The molecule has 0 bridgehead atoms. The van der Waals surface area contributed by atoms with Gasteiger partial charge < -0.3 is 4.90 Å². The highest BCUT2D eigenvalue weighted by Gasteiger charge is 2.31. The van der Waals surface area contributed by atoms with Crippen LogP contribution in [0.5, 0.6) is 0 Å². The van der Waals surface area contributed by atoms with E-state index in [9.17, 15) is 4.79 Å². The second kappa shape index (κ2) is 7.15. The highest BCUT2D eigenvalue weighted by atomic mass is 32.2. The van der Waals surface area contributed by atoms with Crippen LogP contribution in [0, 0.1) is 0 Å². The molecule has 0 aliphatic carbocycles. The van der Waals surface area contributed by atoms with E-state index in [1.807, 2.05) is 41.6 Å². The lowest BCUT2D eigenvalue weighted by Crippen LogP contribution is -2.55. The largest absolute Gasteiger partial charge is 0.306 e. The molecule has 1 saturated heterocycles. The first-order valence-corrected chi connectivity index (χ1v) is 8.98. The van der Waals surface area contributed by atoms with Gasteiger partial charge in [-0.05, 0) is 36.9 Å². The summed E-state index contributed by atoms with van der Waals surface area (Å²) in [5.41, 5.74) is 2.17. The lowest BCUT2D eigenvalue weighted by molar-refractivity contribution is -0.122. The van der Waals surface area contributed by atoms with Crippen LogP contribution in [0.1, 0.15) is 12.5 Å². The highest BCUT2D eigenvalue weighted by molar-refractivity contribution is 7.98. The van der Waals surface area contributed by atoms with Crippen molar-refractivity contribution >= 4 is 23.4 Å². The molecular weight excluding hydrogens is 306 g/mol. The molecule has 0 N–H and O–H groups in total. The number of rotatable bonds is 4. The van der Waals surface area contributed by atoms with Gasteiger partial charge in [-0.15, -0.1) is 11.8 Å². The second-order valence-corrected chi connectivity index (χ2v) is 6.66. The highest BCUT2D eigenvalue weighted by Crippen LogP contribution is 2.31. The van der Waals surface area contributed by atoms with Crippen LogP contribution < -0.4 is 4.90 Å². The normalized spacial score (nSPS) is 19.1. The Labute approximate surface area is 141 Å². The Morgan fingerprint density at radius 3 is 2.78 bits per heavy atom. The van der Waals surface area contributed by atoms with Crippen LogP contribution >= 0.6 is 11.8 Å². The molecule has 2 aromatic rings. The van der Waals surface area contributed by atoms with Crippen molar-refractivity contribution in [2.75, 3.05) is 24.2 Å². The van der Waals surface area contributed by atoms with Crippen LogP contribution in [0.15, 0.2) is 53.7 Å². The minimum atomic E-state index is 0.154. The predicted molar refractivity (Wildman–Crippen MR) is 94.7 cm³/mol. The van der Waals surface area contributed by atoms with E-state index in [4.69, 9.17) is 0 Å². The summed E-state index contributed by atoms with van der Waals surface area (Å²) in [5, 5.41) is 0. The summed E-state index contributed by atoms with van der Waals surface area (Å²) in [5.74, 6) is 0.161. The van der Waals surface area contributed by atoms with Gasteiger partial charge in [-0.25, -0.2) is 0 Å². The average molecular weight is 327 g/mol.